The number of hydrogen-bond acceptors (Lipinski definition) is 3. The molecule has 178 valence electrons. The van der Waals surface area contributed by atoms with Gasteiger partial charge in [-0.15, -0.1) is 13.2 Å². The van der Waals surface area contributed by atoms with Crippen molar-refractivity contribution < 1.29 is 15.7 Å². The average molecular weight is 468 g/mol. The van der Waals surface area contributed by atoms with Crippen LogP contribution in [0.5, 0.6) is 0 Å². The summed E-state index contributed by atoms with van der Waals surface area (Å²) in [6.45, 7) is 8.80. The van der Waals surface area contributed by atoms with Crippen LogP contribution in [0, 0.1) is 5.92 Å². The third kappa shape index (κ3) is 2.38. The molecule has 3 aliphatic heterocycles. The molecule has 0 saturated carbocycles. The molecule has 3 aromatic carbocycles. The number of nitrogens with zero attached hydrogens (tertiary/aromatic N) is 2. The Morgan fingerprint density at radius 2 is 1.63 bits per heavy atom. The lowest BCUT2D eigenvalue weighted by Crippen LogP contribution is -2.40. The molecule has 5 aromatic rings. The fourth-order valence-electron chi connectivity index (χ4n) is 6.82. The molecule has 6 heteroatoms. The zero-order chi connectivity index (χ0) is 24.0. The first-order chi connectivity index (χ1) is 17.2. The van der Waals surface area contributed by atoms with E-state index in [4.69, 9.17) is 9.47 Å². The smallest absolute Gasteiger partial charge is 0.252 e. The Morgan fingerprint density at radius 3 is 2.34 bits per heavy atom. The predicted octanol–water partition coefficient (Wildman–Crippen LogP) is 6.28. The minimum absolute atomic E-state index is 0. The molecule has 4 atom stereocenters. The fourth-order valence-corrected chi connectivity index (χ4v) is 6.82. The Morgan fingerprint density at radius 1 is 1.00 bits per heavy atom. The second kappa shape index (κ2) is 7.20. The van der Waals surface area contributed by atoms with Crippen LogP contribution in [0.15, 0.2) is 61.7 Å². The van der Waals surface area contributed by atoms with Crippen molar-refractivity contribution in [2.24, 2.45) is 5.92 Å². The average Bonchev–Trinajstić information content (AvgIpc) is 3.52. The van der Waals surface area contributed by atoms with Gasteiger partial charge in [0, 0.05) is 36.6 Å². The normalized spacial score (nSPS) is 24.6. The van der Waals surface area contributed by atoms with Gasteiger partial charge in [-0.2, -0.15) is 0 Å². The highest BCUT2D eigenvalue weighted by atomic mass is 16.6. The molecule has 2 bridgehead atoms. The van der Waals surface area contributed by atoms with Crippen molar-refractivity contribution in [1.29, 1.82) is 0 Å². The van der Waals surface area contributed by atoms with Crippen LogP contribution in [0.2, 0.25) is 0 Å². The lowest BCUT2D eigenvalue weighted by atomic mass is 9.95. The van der Waals surface area contributed by atoms with E-state index in [0.29, 0.717) is 12.5 Å². The number of nitrogens with one attached hydrogen (secondary N) is 1. The number of rotatable bonds is 1. The molecule has 0 unspecified atom stereocenters. The summed E-state index contributed by atoms with van der Waals surface area (Å²) < 4.78 is 17.6. The van der Waals surface area contributed by atoms with Crippen molar-refractivity contribution in [2.75, 3.05) is 7.11 Å². The van der Waals surface area contributed by atoms with Crippen LogP contribution in [0.1, 0.15) is 43.1 Å². The van der Waals surface area contributed by atoms with Gasteiger partial charge in [0.15, 0.2) is 6.23 Å². The van der Waals surface area contributed by atoms with E-state index in [1.807, 2.05) is 0 Å². The SMILES string of the molecule is C=C.CO[C@@H]1[C@H](C)C[C@H]2O[C@@H]1n1c3ccccc3c3c4c(c5c6ccccc6n2c5c31)C(=O)NC4.[HH]. The van der Waals surface area contributed by atoms with Crippen molar-refractivity contribution >= 4 is 49.5 Å². The first kappa shape index (κ1) is 20.7. The zero-order valence-electron chi connectivity index (χ0n) is 19.9. The van der Waals surface area contributed by atoms with Gasteiger partial charge < -0.3 is 23.9 Å². The second-order valence-corrected chi connectivity index (χ2v) is 9.65. The zero-order valence-corrected chi connectivity index (χ0v) is 19.9. The Balaban J connectivity index is 0.000000783. The van der Waals surface area contributed by atoms with E-state index < -0.39 is 0 Å². The van der Waals surface area contributed by atoms with Crippen LogP contribution < -0.4 is 5.32 Å². The molecule has 6 nitrogen and oxygen atoms in total. The lowest BCUT2D eigenvalue weighted by molar-refractivity contribution is -0.201. The third-order valence-electron chi connectivity index (χ3n) is 8.08. The Hall–Kier alpha value is -3.61. The number of carbonyl (C=O) groups is 1. The number of amides is 1. The molecular formula is C29H29N3O3. The molecule has 0 spiro atoms. The van der Waals surface area contributed by atoms with Crippen LogP contribution in [0.4, 0.5) is 0 Å². The Labute approximate surface area is 204 Å². The maximum atomic E-state index is 13.2. The Kier molecular flexibility index (Phi) is 4.26. The van der Waals surface area contributed by atoms with E-state index >= 15 is 0 Å². The number of hydrogen-bond donors (Lipinski definition) is 1. The largest absolute Gasteiger partial charge is 0.376 e. The van der Waals surface area contributed by atoms with Crippen LogP contribution in [-0.4, -0.2) is 28.3 Å². The molecule has 5 heterocycles. The van der Waals surface area contributed by atoms with Gasteiger partial charge in [0.1, 0.15) is 12.3 Å². The minimum atomic E-state index is -0.240. The standard InChI is InChI=1S/C27H23N3O3.C2H4.H2/c1-13-11-19-29-17-9-5-4-8-15(17)21-22-16(12-28-26(22)31)20-14-7-3-6-10-18(14)30(23(20)24(21)29)27(33-19)25(13)32-2;1-2;/h3-10,13,19,25,27H,11-12H2,1-2H3,(H,28,31);1-2H2;1H/t13-,19-,25-,27+;;/m1../s1. The second-order valence-electron chi connectivity index (χ2n) is 9.65. The quantitative estimate of drug-likeness (QED) is 0.295. The highest BCUT2D eigenvalue weighted by Gasteiger charge is 2.44. The van der Waals surface area contributed by atoms with E-state index in [-0.39, 0.29) is 25.9 Å². The molecule has 1 fully saturated rings. The van der Waals surface area contributed by atoms with Gasteiger partial charge in [-0.3, -0.25) is 4.79 Å². The summed E-state index contributed by atoms with van der Waals surface area (Å²) in [6, 6.07) is 16.9. The molecule has 1 saturated heterocycles. The van der Waals surface area contributed by atoms with Gasteiger partial charge in [-0.05, 0) is 30.0 Å². The molecule has 0 radical (unpaired) electrons. The molecule has 8 rings (SSSR count). The molecule has 1 amide bonds. The van der Waals surface area contributed by atoms with E-state index in [1.54, 1.807) is 7.11 Å². The molecule has 0 aliphatic carbocycles. The maximum Gasteiger partial charge on any atom is 0.252 e. The maximum absolute atomic E-state index is 13.2. The Bertz CT molecular complexity index is 1700. The van der Waals surface area contributed by atoms with E-state index in [2.05, 4.69) is 83.1 Å². The van der Waals surface area contributed by atoms with Gasteiger partial charge in [-0.25, -0.2) is 0 Å². The van der Waals surface area contributed by atoms with Gasteiger partial charge in [0.05, 0.1) is 27.6 Å². The number of methoxy groups -OCH3 is 1. The lowest BCUT2D eigenvalue weighted by Gasteiger charge is -2.40. The summed E-state index contributed by atoms with van der Waals surface area (Å²) in [4.78, 5) is 13.2. The molecule has 35 heavy (non-hydrogen) atoms. The van der Waals surface area contributed by atoms with E-state index in [9.17, 15) is 4.79 Å². The number of aromatic nitrogens is 2. The number of benzene rings is 3. The predicted molar refractivity (Wildman–Crippen MR) is 141 cm³/mol. The summed E-state index contributed by atoms with van der Waals surface area (Å²) in [5.41, 5.74) is 6.42. The van der Waals surface area contributed by atoms with Gasteiger partial charge in [0.2, 0.25) is 0 Å². The first-order valence-corrected chi connectivity index (χ1v) is 12.2. The number of ether oxygens (including phenoxy) is 2. The summed E-state index contributed by atoms with van der Waals surface area (Å²) in [5.74, 6) is 0.332. The summed E-state index contributed by atoms with van der Waals surface area (Å²) in [5, 5.41) is 7.60. The van der Waals surface area contributed by atoms with Gasteiger partial charge in [-0.1, -0.05) is 43.3 Å². The van der Waals surface area contributed by atoms with Gasteiger partial charge in [0.25, 0.3) is 5.91 Å². The van der Waals surface area contributed by atoms with Crippen molar-refractivity contribution in [3.63, 3.8) is 0 Å². The molecular weight excluding hydrogens is 438 g/mol. The summed E-state index contributed by atoms with van der Waals surface area (Å²) >= 11 is 0. The monoisotopic (exact) mass is 467 g/mol. The molecule has 2 aromatic heterocycles. The van der Waals surface area contributed by atoms with Crippen molar-refractivity contribution in [3.8, 4) is 0 Å². The van der Waals surface area contributed by atoms with Crippen molar-refractivity contribution in [1.82, 2.24) is 14.5 Å². The van der Waals surface area contributed by atoms with Crippen molar-refractivity contribution in [3.05, 3.63) is 72.8 Å². The van der Waals surface area contributed by atoms with Crippen LogP contribution in [-0.2, 0) is 16.0 Å². The summed E-state index contributed by atoms with van der Waals surface area (Å²) in [7, 11) is 1.79. The topological polar surface area (TPSA) is 57.4 Å². The first-order valence-electron chi connectivity index (χ1n) is 12.2. The minimum Gasteiger partial charge on any atom is -0.376 e. The van der Waals surface area contributed by atoms with E-state index in [0.717, 1.165) is 61.2 Å². The van der Waals surface area contributed by atoms with Crippen molar-refractivity contribution in [2.45, 2.75) is 38.4 Å². The highest BCUT2D eigenvalue weighted by molar-refractivity contribution is 6.30. The number of carbonyl (C=O) groups excluding carboxylic acids is 1. The fraction of sp³-hybridized carbons (Fsp3) is 0.276. The molecule has 3 aliphatic rings. The summed E-state index contributed by atoms with van der Waals surface area (Å²) in [6.07, 6.45) is 0.439. The van der Waals surface area contributed by atoms with Crippen LogP contribution >= 0.6 is 0 Å². The third-order valence-corrected chi connectivity index (χ3v) is 8.08. The van der Waals surface area contributed by atoms with Crippen LogP contribution in [0.3, 0.4) is 0 Å². The number of fused-ring (bicyclic) bond motifs is 13. The number of para-hydroxylation sites is 2. The van der Waals surface area contributed by atoms with Gasteiger partial charge >= 0.3 is 0 Å². The van der Waals surface area contributed by atoms with E-state index in [1.165, 1.54) is 0 Å². The molecule has 1 N–H and O–H groups in total. The van der Waals surface area contributed by atoms with Crippen LogP contribution in [0.25, 0.3) is 43.6 Å². The highest BCUT2D eigenvalue weighted by Crippen LogP contribution is 2.52.